The molecule has 0 amide bonds. The Kier molecular flexibility index (Phi) is 3.80. The lowest BCUT2D eigenvalue weighted by Crippen LogP contribution is -2.13. The third kappa shape index (κ3) is 3.51. The van der Waals surface area contributed by atoms with E-state index in [1.165, 1.54) is 0 Å². The summed E-state index contributed by atoms with van der Waals surface area (Å²) in [6.07, 6.45) is 1.19. The molecule has 0 saturated carbocycles. The van der Waals surface area contributed by atoms with Crippen LogP contribution in [0.1, 0.15) is 12.0 Å². The molecule has 0 spiro atoms. The monoisotopic (exact) mass is 279 g/mol. The molecule has 1 aromatic heterocycles. The van der Waals surface area contributed by atoms with Gasteiger partial charge in [-0.05, 0) is 17.7 Å². The van der Waals surface area contributed by atoms with E-state index in [4.69, 9.17) is 5.11 Å². The van der Waals surface area contributed by atoms with Crippen LogP contribution in [0.25, 0.3) is 10.9 Å². The van der Waals surface area contributed by atoms with Crippen LogP contribution in [0, 0.1) is 0 Å². The molecule has 19 heavy (non-hydrogen) atoms. The summed E-state index contributed by atoms with van der Waals surface area (Å²) in [5, 5.41) is 9.32. The Morgan fingerprint density at radius 3 is 2.68 bits per heavy atom. The lowest BCUT2D eigenvalue weighted by atomic mass is 10.1. The lowest BCUT2D eigenvalue weighted by Gasteiger charge is -2.06. The topological polar surface area (TPSA) is 84.3 Å². The number of sulfone groups is 1. The second kappa shape index (κ2) is 5.36. The van der Waals surface area contributed by atoms with E-state index in [0.717, 1.165) is 10.9 Å². The van der Waals surface area contributed by atoms with Gasteiger partial charge in [-0.2, -0.15) is 0 Å². The molecule has 0 aliphatic rings. The highest BCUT2D eigenvalue weighted by molar-refractivity contribution is 7.90. The lowest BCUT2D eigenvalue weighted by molar-refractivity contribution is -0.136. The summed E-state index contributed by atoms with van der Waals surface area (Å²) in [4.78, 5) is 14.6. The molecule has 1 heterocycles. The number of benzene rings is 1. The van der Waals surface area contributed by atoms with E-state index in [-0.39, 0.29) is 17.9 Å². The standard InChI is InChI=1S/C13H13NO4S/c15-13(16)6-8-19(17,18)9-10-5-7-14-12-4-2-1-3-11(10)12/h1-5,7H,6,8-9H2,(H,15,16). The highest BCUT2D eigenvalue weighted by Gasteiger charge is 2.15. The van der Waals surface area contributed by atoms with E-state index in [9.17, 15) is 13.2 Å². The first-order chi connectivity index (χ1) is 8.98. The summed E-state index contributed by atoms with van der Waals surface area (Å²) in [6.45, 7) is 0. The molecule has 0 aliphatic heterocycles. The molecule has 6 heteroatoms. The van der Waals surface area contributed by atoms with Gasteiger partial charge in [0.05, 0.1) is 23.4 Å². The van der Waals surface area contributed by atoms with Crippen molar-refractivity contribution in [3.8, 4) is 0 Å². The van der Waals surface area contributed by atoms with E-state index in [2.05, 4.69) is 4.98 Å². The van der Waals surface area contributed by atoms with Crippen LogP contribution in [0.4, 0.5) is 0 Å². The molecule has 0 bridgehead atoms. The highest BCUT2D eigenvalue weighted by Crippen LogP contribution is 2.18. The maximum atomic E-state index is 11.9. The number of carboxylic acids is 1. The number of hydrogen-bond acceptors (Lipinski definition) is 4. The van der Waals surface area contributed by atoms with Gasteiger partial charge in [0.15, 0.2) is 9.84 Å². The first-order valence-corrected chi connectivity index (χ1v) is 7.55. The fourth-order valence-corrected chi connectivity index (χ4v) is 3.19. The number of para-hydroxylation sites is 1. The number of rotatable bonds is 5. The van der Waals surface area contributed by atoms with Crippen LogP contribution in [0.3, 0.4) is 0 Å². The fraction of sp³-hybridized carbons (Fsp3) is 0.231. The van der Waals surface area contributed by atoms with Crippen molar-refractivity contribution in [2.24, 2.45) is 0 Å². The molecule has 0 aliphatic carbocycles. The van der Waals surface area contributed by atoms with Crippen molar-refractivity contribution in [2.45, 2.75) is 12.2 Å². The van der Waals surface area contributed by atoms with Crippen LogP contribution < -0.4 is 0 Å². The van der Waals surface area contributed by atoms with Crippen LogP contribution in [0.5, 0.6) is 0 Å². The predicted molar refractivity (Wildman–Crippen MR) is 71.5 cm³/mol. The van der Waals surface area contributed by atoms with E-state index in [1.54, 1.807) is 12.3 Å². The Labute approximate surface area is 110 Å². The van der Waals surface area contributed by atoms with Crippen LogP contribution in [0.15, 0.2) is 36.5 Å². The number of fused-ring (bicyclic) bond motifs is 1. The molecule has 0 unspecified atom stereocenters. The molecular formula is C13H13NO4S. The summed E-state index contributed by atoms with van der Waals surface area (Å²) in [6, 6.07) is 8.92. The average molecular weight is 279 g/mol. The molecule has 100 valence electrons. The number of carboxylic acid groups (broad SMARTS) is 1. The van der Waals surface area contributed by atoms with Crippen molar-refractivity contribution < 1.29 is 18.3 Å². The second-order valence-corrected chi connectivity index (χ2v) is 6.41. The van der Waals surface area contributed by atoms with Gasteiger partial charge in [0, 0.05) is 11.6 Å². The van der Waals surface area contributed by atoms with Gasteiger partial charge in [0.1, 0.15) is 0 Å². The van der Waals surface area contributed by atoms with Gasteiger partial charge in [0.2, 0.25) is 0 Å². The van der Waals surface area contributed by atoms with Gasteiger partial charge >= 0.3 is 5.97 Å². The Balaban J connectivity index is 2.28. The summed E-state index contributed by atoms with van der Waals surface area (Å²) in [5.41, 5.74) is 1.38. The Hall–Kier alpha value is -1.95. The number of pyridine rings is 1. The molecular weight excluding hydrogens is 266 g/mol. The van der Waals surface area contributed by atoms with E-state index < -0.39 is 15.8 Å². The minimum absolute atomic E-state index is 0.163. The van der Waals surface area contributed by atoms with Crippen molar-refractivity contribution in [2.75, 3.05) is 5.75 Å². The van der Waals surface area contributed by atoms with Gasteiger partial charge in [-0.15, -0.1) is 0 Å². The SMILES string of the molecule is O=C(O)CCS(=O)(=O)Cc1ccnc2ccccc12. The normalized spacial score (nSPS) is 11.6. The van der Waals surface area contributed by atoms with Crippen LogP contribution in [0.2, 0.25) is 0 Å². The quantitative estimate of drug-likeness (QED) is 0.899. The minimum atomic E-state index is -3.43. The zero-order chi connectivity index (χ0) is 13.9. The molecule has 5 nitrogen and oxygen atoms in total. The highest BCUT2D eigenvalue weighted by atomic mass is 32.2. The van der Waals surface area contributed by atoms with E-state index >= 15 is 0 Å². The van der Waals surface area contributed by atoms with E-state index in [0.29, 0.717) is 5.56 Å². The Morgan fingerprint density at radius 2 is 1.95 bits per heavy atom. The molecule has 0 fully saturated rings. The first kappa shape index (κ1) is 13.5. The average Bonchev–Trinajstić information content (AvgIpc) is 2.37. The molecule has 0 atom stereocenters. The van der Waals surface area contributed by atoms with Gasteiger partial charge in [-0.25, -0.2) is 8.42 Å². The minimum Gasteiger partial charge on any atom is -0.481 e. The number of aliphatic carboxylic acids is 1. The summed E-state index contributed by atoms with van der Waals surface area (Å²) in [7, 11) is -3.43. The van der Waals surface area contributed by atoms with Crippen LogP contribution >= 0.6 is 0 Å². The number of carbonyl (C=O) groups is 1. The maximum Gasteiger partial charge on any atom is 0.304 e. The summed E-state index contributed by atoms with van der Waals surface area (Å²) in [5.74, 6) is -1.62. The number of nitrogens with zero attached hydrogens (tertiary/aromatic N) is 1. The number of aromatic nitrogens is 1. The fourth-order valence-electron chi connectivity index (χ4n) is 1.83. The molecule has 1 N–H and O–H groups in total. The van der Waals surface area contributed by atoms with Crippen LogP contribution in [-0.2, 0) is 20.4 Å². The Morgan fingerprint density at radius 1 is 1.21 bits per heavy atom. The molecule has 0 radical (unpaired) electrons. The summed E-state index contributed by atoms with van der Waals surface area (Å²) >= 11 is 0. The number of hydrogen-bond donors (Lipinski definition) is 1. The molecule has 2 aromatic rings. The van der Waals surface area contributed by atoms with Gasteiger partial charge in [0.25, 0.3) is 0 Å². The summed E-state index contributed by atoms with van der Waals surface area (Å²) < 4.78 is 23.7. The molecule has 1 aromatic carbocycles. The van der Waals surface area contributed by atoms with Crippen LogP contribution in [-0.4, -0.2) is 30.2 Å². The Bertz CT molecular complexity index is 704. The van der Waals surface area contributed by atoms with Crippen molar-refractivity contribution in [3.05, 3.63) is 42.1 Å². The van der Waals surface area contributed by atoms with Gasteiger partial charge in [-0.1, -0.05) is 18.2 Å². The van der Waals surface area contributed by atoms with Gasteiger partial charge < -0.3 is 5.11 Å². The predicted octanol–water partition coefficient (Wildman–Crippen LogP) is 1.62. The van der Waals surface area contributed by atoms with Crippen molar-refractivity contribution in [1.82, 2.24) is 4.98 Å². The molecule has 2 rings (SSSR count). The van der Waals surface area contributed by atoms with Crippen molar-refractivity contribution in [1.29, 1.82) is 0 Å². The smallest absolute Gasteiger partial charge is 0.304 e. The second-order valence-electron chi connectivity index (χ2n) is 4.22. The maximum absolute atomic E-state index is 11.9. The third-order valence-corrected chi connectivity index (χ3v) is 4.32. The zero-order valence-corrected chi connectivity index (χ0v) is 10.9. The van der Waals surface area contributed by atoms with Crippen molar-refractivity contribution in [3.63, 3.8) is 0 Å². The van der Waals surface area contributed by atoms with E-state index in [1.807, 2.05) is 24.3 Å². The first-order valence-electron chi connectivity index (χ1n) is 5.73. The third-order valence-electron chi connectivity index (χ3n) is 2.74. The molecule has 0 saturated heterocycles. The van der Waals surface area contributed by atoms with Gasteiger partial charge in [-0.3, -0.25) is 9.78 Å². The largest absolute Gasteiger partial charge is 0.481 e. The van der Waals surface area contributed by atoms with Crippen molar-refractivity contribution >= 4 is 26.7 Å². The zero-order valence-electron chi connectivity index (χ0n) is 10.1.